The van der Waals surface area contributed by atoms with Crippen molar-refractivity contribution < 1.29 is 24.8 Å². The molecule has 0 spiro atoms. The minimum absolute atomic E-state index is 0.100. The molecule has 0 radical (unpaired) electrons. The van der Waals surface area contributed by atoms with E-state index in [4.69, 9.17) is 21.1 Å². The lowest BCUT2D eigenvalue weighted by Crippen LogP contribution is -2.25. The topological polar surface area (TPSA) is 110 Å². The van der Waals surface area contributed by atoms with Crippen molar-refractivity contribution in [3.8, 4) is 11.5 Å². The average molecular weight is 728 g/mol. The number of hydrogen-bond acceptors (Lipinski definition) is 7. The van der Waals surface area contributed by atoms with Crippen molar-refractivity contribution in [1.29, 1.82) is 0 Å². The van der Waals surface area contributed by atoms with E-state index in [-0.39, 0.29) is 37.7 Å². The van der Waals surface area contributed by atoms with Crippen LogP contribution in [-0.2, 0) is 18.6 Å². The van der Waals surface area contributed by atoms with Crippen LogP contribution in [0.5, 0.6) is 11.5 Å². The molecule has 190 valence electrons. The van der Waals surface area contributed by atoms with Crippen LogP contribution in [0.3, 0.4) is 0 Å². The third kappa shape index (κ3) is 7.41. The fraction of sp³-hybridized carbons (Fsp3) is 0.417. The summed E-state index contributed by atoms with van der Waals surface area (Å²) in [5.41, 5.74) is 2.46. The Labute approximate surface area is 236 Å². The number of ether oxygens (including phenoxy) is 2. The van der Waals surface area contributed by atoms with Gasteiger partial charge in [-0.15, -0.1) is 16.7 Å². The van der Waals surface area contributed by atoms with Gasteiger partial charge in [0.2, 0.25) is 0 Å². The van der Waals surface area contributed by atoms with Gasteiger partial charge in [-0.1, -0.05) is 37.3 Å². The highest BCUT2D eigenvalue weighted by atomic mass is 127. The smallest absolute Gasteiger partial charge is 0.132 e. The Morgan fingerprint density at radius 2 is 1.66 bits per heavy atom. The number of halogens is 3. The highest BCUT2D eigenvalue weighted by molar-refractivity contribution is 14.1. The maximum Gasteiger partial charge on any atom is 0.132 e. The van der Waals surface area contributed by atoms with Crippen molar-refractivity contribution in [3.05, 3.63) is 66.6 Å². The lowest BCUT2D eigenvalue weighted by atomic mass is 9.78. The summed E-state index contributed by atoms with van der Waals surface area (Å²) in [5, 5.41) is 37.0. The summed E-state index contributed by atoms with van der Waals surface area (Å²) in [7, 11) is 0. The number of aromatic nitrogens is 3. The van der Waals surface area contributed by atoms with E-state index in [0.29, 0.717) is 20.9 Å². The molecule has 0 aliphatic carbocycles. The minimum atomic E-state index is -0.782. The molecule has 2 aromatic carbocycles. The molecule has 3 aromatic rings. The molecule has 11 heteroatoms. The van der Waals surface area contributed by atoms with Gasteiger partial charge in [0.15, 0.2) is 0 Å². The standard InChI is InChI=1S/C24H28ClI2N3O5/c1-24(2,15-3-6-19(7-4-15)34-13-17(32)10-25)16-5-8-22(20(26)9-16)35-14-18(33)11-30-23(27)21(12-31)28-29-30/h3-9,17-18,31-33H,10-14H2,1-2H3/t17-,18+/m1/s1. The number of nitrogens with zero attached hydrogens (tertiary/aromatic N) is 3. The van der Waals surface area contributed by atoms with Crippen LogP contribution in [-0.4, -0.2) is 61.6 Å². The average Bonchev–Trinajstić information content (AvgIpc) is 3.20. The Morgan fingerprint density at radius 1 is 1.00 bits per heavy atom. The molecule has 0 fully saturated rings. The van der Waals surface area contributed by atoms with Crippen LogP contribution in [0.1, 0.15) is 30.7 Å². The van der Waals surface area contributed by atoms with Crippen LogP contribution in [0, 0.1) is 7.27 Å². The van der Waals surface area contributed by atoms with Crippen LogP contribution in [0.15, 0.2) is 42.5 Å². The van der Waals surface area contributed by atoms with Crippen LogP contribution in [0.25, 0.3) is 0 Å². The molecule has 0 bridgehead atoms. The van der Waals surface area contributed by atoms with E-state index in [1.54, 1.807) is 4.68 Å². The van der Waals surface area contributed by atoms with Gasteiger partial charge in [-0.3, -0.25) is 0 Å². The zero-order chi connectivity index (χ0) is 25.6. The Morgan fingerprint density at radius 3 is 2.26 bits per heavy atom. The maximum atomic E-state index is 10.4. The van der Waals surface area contributed by atoms with Crippen molar-refractivity contribution >= 4 is 56.8 Å². The predicted molar refractivity (Wildman–Crippen MR) is 150 cm³/mol. The number of rotatable bonds is 12. The van der Waals surface area contributed by atoms with Crippen LogP contribution >= 0.6 is 56.8 Å². The second kappa shape index (κ2) is 12.9. The molecule has 35 heavy (non-hydrogen) atoms. The minimum Gasteiger partial charge on any atom is -0.491 e. The van der Waals surface area contributed by atoms with Gasteiger partial charge in [0.1, 0.15) is 46.3 Å². The summed E-state index contributed by atoms with van der Waals surface area (Å²) in [4.78, 5) is 0. The first kappa shape index (κ1) is 28.4. The van der Waals surface area contributed by atoms with Crippen molar-refractivity contribution in [3.63, 3.8) is 0 Å². The Hall–Kier alpha value is -1.19. The molecule has 0 saturated carbocycles. The van der Waals surface area contributed by atoms with Crippen LogP contribution in [0.4, 0.5) is 0 Å². The normalized spacial score (nSPS) is 13.5. The van der Waals surface area contributed by atoms with Gasteiger partial charge < -0.3 is 24.8 Å². The zero-order valence-electron chi connectivity index (χ0n) is 19.4. The van der Waals surface area contributed by atoms with Gasteiger partial charge in [0.25, 0.3) is 0 Å². The van der Waals surface area contributed by atoms with Gasteiger partial charge in [-0.05, 0) is 80.6 Å². The summed E-state index contributed by atoms with van der Waals surface area (Å²) in [5.74, 6) is 1.50. The molecule has 0 aliphatic rings. The van der Waals surface area contributed by atoms with Crippen molar-refractivity contribution in [2.24, 2.45) is 0 Å². The zero-order valence-corrected chi connectivity index (χ0v) is 24.4. The summed E-state index contributed by atoms with van der Waals surface area (Å²) in [6.45, 7) is 4.58. The summed E-state index contributed by atoms with van der Waals surface area (Å²) >= 11 is 9.89. The fourth-order valence-electron chi connectivity index (χ4n) is 3.37. The van der Waals surface area contributed by atoms with E-state index in [9.17, 15) is 15.3 Å². The molecule has 3 N–H and O–H groups in total. The van der Waals surface area contributed by atoms with Gasteiger partial charge in [-0.25, -0.2) is 4.68 Å². The van der Waals surface area contributed by atoms with E-state index < -0.39 is 12.2 Å². The summed E-state index contributed by atoms with van der Waals surface area (Å²) in [6, 6.07) is 13.8. The van der Waals surface area contributed by atoms with E-state index in [1.165, 1.54) is 0 Å². The van der Waals surface area contributed by atoms with Crippen molar-refractivity contribution in [2.75, 3.05) is 19.1 Å². The quantitative estimate of drug-likeness (QED) is 0.193. The third-order valence-corrected chi connectivity index (χ3v) is 7.93. The number of hydrogen-bond donors (Lipinski definition) is 3. The van der Waals surface area contributed by atoms with E-state index in [0.717, 1.165) is 14.7 Å². The summed E-state index contributed by atoms with van der Waals surface area (Å²) < 4.78 is 14.6. The maximum absolute atomic E-state index is 10.4. The lowest BCUT2D eigenvalue weighted by Gasteiger charge is -2.27. The van der Waals surface area contributed by atoms with E-state index in [2.05, 4.69) is 52.8 Å². The Bertz CT molecular complexity index is 1110. The first-order valence-electron chi connectivity index (χ1n) is 10.9. The monoisotopic (exact) mass is 727 g/mol. The first-order chi connectivity index (χ1) is 16.6. The van der Waals surface area contributed by atoms with Gasteiger partial charge in [-0.2, -0.15) is 0 Å². The number of aliphatic hydroxyl groups excluding tert-OH is 3. The van der Waals surface area contributed by atoms with Crippen molar-refractivity contribution in [2.45, 2.75) is 44.6 Å². The fourth-order valence-corrected chi connectivity index (χ4v) is 4.70. The molecule has 0 unspecified atom stereocenters. The highest BCUT2D eigenvalue weighted by Gasteiger charge is 2.24. The largest absolute Gasteiger partial charge is 0.491 e. The highest BCUT2D eigenvalue weighted by Crippen LogP contribution is 2.35. The number of benzene rings is 2. The number of aliphatic hydroxyl groups is 3. The van der Waals surface area contributed by atoms with Crippen LogP contribution in [0.2, 0.25) is 0 Å². The predicted octanol–water partition coefficient (Wildman–Crippen LogP) is 3.72. The molecule has 1 aromatic heterocycles. The SMILES string of the molecule is CC(C)(c1ccc(OC[C@H](O)CCl)cc1)c1ccc(OC[C@@H](O)Cn2nnc(CO)c2I)c(I)c1. The third-order valence-electron chi connectivity index (χ3n) is 5.55. The van der Waals surface area contributed by atoms with Gasteiger partial charge >= 0.3 is 0 Å². The van der Waals surface area contributed by atoms with Gasteiger partial charge in [0.05, 0.1) is 22.6 Å². The van der Waals surface area contributed by atoms with E-state index in [1.807, 2.05) is 59.0 Å². The molecule has 0 aliphatic heterocycles. The van der Waals surface area contributed by atoms with Gasteiger partial charge in [0, 0.05) is 5.41 Å². The molecular formula is C24H28ClI2N3O5. The molecule has 0 saturated heterocycles. The lowest BCUT2D eigenvalue weighted by molar-refractivity contribution is 0.0877. The second-order valence-corrected chi connectivity index (χ2v) is 11.0. The molecule has 3 rings (SSSR count). The molecule has 8 nitrogen and oxygen atoms in total. The van der Waals surface area contributed by atoms with Crippen LogP contribution < -0.4 is 9.47 Å². The van der Waals surface area contributed by atoms with Crippen molar-refractivity contribution in [1.82, 2.24) is 15.0 Å². The summed E-state index contributed by atoms with van der Waals surface area (Å²) in [6.07, 6.45) is -1.47. The molecule has 2 atom stereocenters. The molecule has 1 heterocycles. The molecular weight excluding hydrogens is 700 g/mol. The van der Waals surface area contributed by atoms with E-state index >= 15 is 0 Å². The second-order valence-electron chi connectivity index (χ2n) is 8.55. The Balaban J connectivity index is 1.62. The number of alkyl halides is 1. The Kier molecular flexibility index (Phi) is 10.4. The molecule has 0 amide bonds. The first-order valence-corrected chi connectivity index (χ1v) is 13.6.